The van der Waals surface area contributed by atoms with Gasteiger partial charge in [-0.15, -0.1) is 0 Å². The first-order valence-electron chi connectivity index (χ1n) is 5.69. The summed E-state index contributed by atoms with van der Waals surface area (Å²) < 4.78 is 0. The summed E-state index contributed by atoms with van der Waals surface area (Å²) >= 11 is 17.2. The van der Waals surface area contributed by atoms with Crippen LogP contribution < -0.4 is 10.6 Å². The zero-order valence-electron chi connectivity index (χ0n) is 9.99. The normalized spacial score (nSPS) is 10.0. The van der Waals surface area contributed by atoms with Crippen molar-refractivity contribution in [3.63, 3.8) is 0 Å². The van der Waals surface area contributed by atoms with Crippen molar-refractivity contribution in [1.82, 2.24) is 5.32 Å². The van der Waals surface area contributed by atoms with Crippen LogP contribution >= 0.6 is 35.4 Å². The fourth-order valence-electron chi connectivity index (χ4n) is 1.56. The Labute approximate surface area is 127 Å². The molecule has 2 nitrogen and oxygen atoms in total. The van der Waals surface area contributed by atoms with Crippen LogP contribution in [0.5, 0.6) is 0 Å². The van der Waals surface area contributed by atoms with Crippen molar-refractivity contribution in [2.24, 2.45) is 0 Å². The summed E-state index contributed by atoms with van der Waals surface area (Å²) in [7, 11) is 0. The second-order valence-electron chi connectivity index (χ2n) is 3.92. The smallest absolute Gasteiger partial charge is 0.171 e. The van der Waals surface area contributed by atoms with Gasteiger partial charge in [0.15, 0.2) is 5.11 Å². The van der Waals surface area contributed by atoms with Crippen LogP contribution in [0.15, 0.2) is 48.5 Å². The maximum atomic E-state index is 6.04. The van der Waals surface area contributed by atoms with Crippen LogP contribution in [0.4, 0.5) is 5.69 Å². The average molecular weight is 311 g/mol. The molecule has 5 heteroatoms. The summed E-state index contributed by atoms with van der Waals surface area (Å²) in [6.45, 7) is 0.608. The molecule has 0 aliphatic rings. The van der Waals surface area contributed by atoms with E-state index < -0.39 is 0 Å². The molecule has 0 aromatic heterocycles. The number of para-hydroxylation sites is 1. The van der Waals surface area contributed by atoms with Gasteiger partial charge in [0.05, 0.1) is 10.7 Å². The lowest BCUT2D eigenvalue weighted by Crippen LogP contribution is -2.27. The van der Waals surface area contributed by atoms with E-state index in [1.54, 1.807) is 0 Å². The Bertz CT molecular complexity index is 587. The van der Waals surface area contributed by atoms with Gasteiger partial charge in [-0.3, -0.25) is 0 Å². The molecule has 2 N–H and O–H groups in total. The third-order valence-corrected chi connectivity index (χ3v) is 3.28. The molecule has 0 saturated heterocycles. The third-order valence-electron chi connectivity index (χ3n) is 2.46. The molecule has 2 aromatic rings. The van der Waals surface area contributed by atoms with Crippen molar-refractivity contribution in [3.05, 3.63) is 64.1 Å². The first-order chi connectivity index (χ1) is 9.15. The highest BCUT2D eigenvalue weighted by Gasteiger charge is 2.01. The first kappa shape index (κ1) is 14.1. The van der Waals surface area contributed by atoms with Gasteiger partial charge >= 0.3 is 0 Å². The summed E-state index contributed by atoms with van der Waals surface area (Å²) in [4.78, 5) is 0. The maximum absolute atomic E-state index is 6.04. The zero-order chi connectivity index (χ0) is 13.7. The number of halogens is 2. The van der Waals surface area contributed by atoms with Gasteiger partial charge in [0.25, 0.3) is 0 Å². The molecule has 0 amide bonds. The van der Waals surface area contributed by atoms with E-state index >= 15 is 0 Å². The van der Waals surface area contributed by atoms with Gasteiger partial charge in [-0.25, -0.2) is 0 Å². The topological polar surface area (TPSA) is 24.1 Å². The van der Waals surface area contributed by atoms with Gasteiger partial charge in [-0.1, -0.05) is 47.5 Å². The second-order valence-corrected chi connectivity index (χ2v) is 5.17. The van der Waals surface area contributed by atoms with Crippen LogP contribution in [0.1, 0.15) is 5.56 Å². The average Bonchev–Trinajstić information content (AvgIpc) is 2.39. The minimum atomic E-state index is 0.521. The van der Waals surface area contributed by atoms with Gasteiger partial charge in [0.1, 0.15) is 0 Å². The fourth-order valence-corrected chi connectivity index (χ4v) is 2.14. The molecule has 19 heavy (non-hydrogen) atoms. The quantitative estimate of drug-likeness (QED) is 0.817. The van der Waals surface area contributed by atoms with Gasteiger partial charge in [0, 0.05) is 11.6 Å². The molecule has 0 aliphatic carbocycles. The summed E-state index contributed by atoms with van der Waals surface area (Å²) in [6.07, 6.45) is 0. The SMILES string of the molecule is S=C(NCc1cccc(Cl)c1)Nc1ccccc1Cl. The Morgan fingerprint density at radius 1 is 1.05 bits per heavy atom. The highest BCUT2D eigenvalue weighted by molar-refractivity contribution is 7.80. The fraction of sp³-hybridized carbons (Fsp3) is 0.0714. The van der Waals surface area contributed by atoms with Gasteiger partial charge in [0.2, 0.25) is 0 Å². The van der Waals surface area contributed by atoms with E-state index in [0.717, 1.165) is 11.3 Å². The molecule has 0 saturated carbocycles. The molecule has 0 aliphatic heterocycles. The van der Waals surface area contributed by atoms with Crippen molar-refractivity contribution in [2.75, 3.05) is 5.32 Å². The van der Waals surface area contributed by atoms with Crippen LogP contribution in [-0.4, -0.2) is 5.11 Å². The van der Waals surface area contributed by atoms with Gasteiger partial charge in [-0.2, -0.15) is 0 Å². The molecule has 0 spiro atoms. The number of hydrogen-bond donors (Lipinski definition) is 2. The van der Waals surface area contributed by atoms with E-state index in [2.05, 4.69) is 10.6 Å². The Morgan fingerprint density at radius 3 is 2.58 bits per heavy atom. The predicted molar refractivity (Wildman–Crippen MR) is 86.0 cm³/mol. The van der Waals surface area contributed by atoms with E-state index in [4.69, 9.17) is 35.4 Å². The monoisotopic (exact) mass is 310 g/mol. The zero-order valence-corrected chi connectivity index (χ0v) is 12.3. The standard InChI is InChI=1S/C14H12Cl2N2S/c15-11-5-3-4-10(8-11)9-17-14(19)18-13-7-2-1-6-12(13)16/h1-8H,9H2,(H2,17,18,19). The maximum Gasteiger partial charge on any atom is 0.171 e. The van der Waals surface area contributed by atoms with Crippen LogP contribution in [0.25, 0.3) is 0 Å². The highest BCUT2D eigenvalue weighted by atomic mass is 35.5. The third kappa shape index (κ3) is 4.39. The highest BCUT2D eigenvalue weighted by Crippen LogP contribution is 2.20. The summed E-state index contributed by atoms with van der Waals surface area (Å²) in [5, 5.41) is 8.02. The summed E-state index contributed by atoms with van der Waals surface area (Å²) in [5.74, 6) is 0. The van der Waals surface area contributed by atoms with Crippen molar-refractivity contribution in [3.8, 4) is 0 Å². The molecule has 0 heterocycles. The number of hydrogen-bond acceptors (Lipinski definition) is 1. The molecular weight excluding hydrogens is 299 g/mol. The van der Waals surface area contributed by atoms with Crippen molar-refractivity contribution < 1.29 is 0 Å². The first-order valence-corrected chi connectivity index (χ1v) is 6.85. The van der Waals surface area contributed by atoms with Crippen molar-refractivity contribution in [2.45, 2.75) is 6.54 Å². The second kappa shape index (κ2) is 6.75. The molecule has 0 radical (unpaired) electrons. The predicted octanol–water partition coefficient (Wildman–Crippen LogP) is 4.48. The van der Waals surface area contributed by atoms with Crippen molar-refractivity contribution in [1.29, 1.82) is 0 Å². The minimum Gasteiger partial charge on any atom is -0.358 e. The molecular formula is C14H12Cl2N2S. The van der Waals surface area contributed by atoms with E-state index in [-0.39, 0.29) is 0 Å². The summed E-state index contributed by atoms with van der Waals surface area (Å²) in [6, 6.07) is 15.1. The van der Waals surface area contributed by atoms with E-state index in [0.29, 0.717) is 21.7 Å². The molecule has 0 unspecified atom stereocenters. The van der Waals surface area contributed by atoms with E-state index in [9.17, 15) is 0 Å². The number of benzene rings is 2. The Balaban J connectivity index is 1.90. The molecule has 0 bridgehead atoms. The molecule has 0 fully saturated rings. The largest absolute Gasteiger partial charge is 0.358 e. The lowest BCUT2D eigenvalue weighted by molar-refractivity contribution is 0.926. The van der Waals surface area contributed by atoms with Crippen molar-refractivity contribution >= 4 is 46.2 Å². The van der Waals surface area contributed by atoms with Gasteiger partial charge in [-0.05, 0) is 42.0 Å². The molecule has 2 aromatic carbocycles. The molecule has 98 valence electrons. The van der Waals surface area contributed by atoms with E-state index in [1.165, 1.54) is 0 Å². The summed E-state index contributed by atoms with van der Waals surface area (Å²) in [5.41, 5.74) is 1.85. The van der Waals surface area contributed by atoms with Crippen LogP contribution in [-0.2, 0) is 6.54 Å². The Hall–Kier alpha value is -1.29. The number of thiocarbonyl (C=S) groups is 1. The van der Waals surface area contributed by atoms with Crippen LogP contribution in [0.2, 0.25) is 10.0 Å². The van der Waals surface area contributed by atoms with E-state index in [1.807, 2.05) is 48.5 Å². The van der Waals surface area contributed by atoms with Crippen LogP contribution in [0.3, 0.4) is 0 Å². The Kier molecular flexibility index (Phi) is 5.02. The number of anilines is 1. The number of rotatable bonds is 3. The minimum absolute atomic E-state index is 0.521. The van der Waals surface area contributed by atoms with Gasteiger partial charge < -0.3 is 10.6 Å². The molecule has 2 rings (SSSR count). The van der Waals surface area contributed by atoms with Crippen LogP contribution in [0, 0.1) is 0 Å². The lowest BCUT2D eigenvalue weighted by atomic mass is 10.2. The Morgan fingerprint density at radius 2 is 1.84 bits per heavy atom. The number of nitrogens with one attached hydrogen (secondary N) is 2. The molecule has 0 atom stereocenters. The lowest BCUT2D eigenvalue weighted by Gasteiger charge is -2.11.